The van der Waals surface area contributed by atoms with Crippen LogP contribution in [0.1, 0.15) is 39.9 Å². The first-order chi connectivity index (χ1) is 16.1. The number of carbonyl (C=O) groups is 1. The van der Waals surface area contributed by atoms with E-state index in [2.05, 4.69) is 29.2 Å². The molecule has 3 aromatic rings. The zero-order chi connectivity index (χ0) is 24.3. The first-order valence-corrected chi connectivity index (χ1v) is 11.5. The fraction of sp³-hybridized carbons (Fsp3) is 0.370. The Morgan fingerprint density at radius 2 is 1.71 bits per heavy atom. The van der Waals surface area contributed by atoms with Gasteiger partial charge in [0.15, 0.2) is 0 Å². The molecule has 0 atom stereocenters. The summed E-state index contributed by atoms with van der Waals surface area (Å²) >= 11 is 0. The largest absolute Gasteiger partial charge is 0.417 e. The topological polar surface area (TPSA) is 35.6 Å². The Morgan fingerprint density at radius 1 is 1.03 bits per heavy atom. The Bertz CT molecular complexity index is 1260. The maximum atomic E-state index is 13.6. The highest BCUT2D eigenvalue weighted by Gasteiger charge is 2.47. The van der Waals surface area contributed by atoms with E-state index in [-0.39, 0.29) is 11.3 Å². The van der Waals surface area contributed by atoms with Crippen molar-refractivity contribution in [2.75, 3.05) is 32.1 Å². The second-order valence-corrected chi connectivity index (χ2v) is 9.76. The fourth-order valence-electron chi connectivity index (χ4n) is 4.89. The lowest BCUT2D eigenvalue weighted by atomic mass is 9.93. The third-order valence-corrected chi connectivity index (χ3v) is 7.27. The normalized spacial score (nSPS) is 17.7. The molecule has 2 fully saturated rings. The number of anilines is 1. The molecule has 178 valence electrons. The van der Waals surface area contributed by atoms with Crippen LogP contribution in [0.15, 0.2) is 54.6 Å². The molecule has 0 unspecified atom stereocenters. The van der Waals surface area contributed by atoms with Crippen molar-refractivity contribution in [3.8, 4) is 0 Å². The molecule has 1 aliphatic heterocycles. The monoisotopic (exact) mass is 467 g/mol. The van der Waals surface area contributed by atoms with Crippen molar-refractivity contribution in [1.82, 2.24) is 10.2 Å². The van der Waals surface area contributed by atoms with Crippen LogP contribution in [0.25, 0.3) is 10.8 Å². The van der Waals surface area contributed by atoms with Crippen LogP contribution in [0.3, 0.4) is 0 Å². The van der Waals surface area contributed by atoms with Gasteiger partial charge in [-0.15, -0.1) is 0 Å². The van der Waals surface area contributed by atoms with Crippen LogP contribution in [-0.4, -0.2) is 44.0 Å². The summed E-state index contributed by atoms with van der Waals surface area (Å²) in [5.74, 6) is -0.189. The van der Waals surface area contributed by atoms with Gasteiger partial charge in [0.1, 0.15) is 0 Å². The number of aryl methyl sites for hydroxylation is 1. The van der Waals surface area contributed by atoms with Gasteiger partial charge in [0.05, 0.1) is 11.1 Å². The number of carbonyl (C=O) groups excluding carboxylic acids is 1. The molecule has 1 aliphatic carbocycles. The van der Waals surface area contributed by atoms with Crippen molar-refractivity contribution in [3.63, 3.8) is 0 Å². The van der Waals surface area contributed by atoms with E-state index in [1.807, 2.05) is 31.2 Å². The second-order valence-electron chi connectivity index (χ2n) is 9.76. The smallest absolute Gasteiger partial charge is 0.368 e. The Balaban J connectivity index is 1.43. The number of fused-ring (bicyclic) bond motifs is 1. The van der Waals surface area contributed by atoms with Crippen molar-refractivity contribution < 1.29 is 18.0 Å². The molecule has 34 heavy (non-hydrogen) atoms. The minimum absolute atomic E-state index is 0.166. The molecule has 1 N–H and O–H groups in total. The molecule has 3 aromatic carbocycles. The number of nitrogens with one attached hydrogen (secondary N) is 1. The lowest BCUT2D eigenvalue weighted by molar-refractivity contribution is -0.136. The van der Waals surface area contributed by atoms with Gasteiger partial charge in [-0.3, -0.25) is 4.79 Å². The van der Waals surface area contributed by atoms with E-state index in [1.54, 1.807) is 12.1 Å². The molecule has 5 rings (SSSR count). The summed E-state index contributed by atoms with van der Waals surface area (Å²) in [5.41, 5.74) is 1.94. The molecular weight excluding hydrogens is 439 g/mol. The van der Waals surface area contributed by atoms with Crippen molar-refractivity contribution in [2.24, 2.45) is 0 Å². The highest BCUT2D eigenvalue weighted by Crippen LogP contribution is 2.49. The summed E-state index contributed by atoms with van der Waals surface area (Å²) in [4.78, 5) is 17.8. The van der Waals surface area contributed by atoms with Gasteiger partial charge < -0.3 is 15.1 Å². The summed E-state index contributed by atoms with van der Waals surface area (Å²) in [7, 11) is 4.13. The molecule has 1 saturated heterocycles. The second kappa shape index (κ2) is 8.01. The number of amides is 1. The lowest BCUT2D eigenvalue weighted by Gasteiger charge is -2.44. The van der Waals surface area contributed by atoms with Gasteiger partial charge in [0, 0.05) is 30.4 Å². The molecule has 1 heterocycles. The Morgan fingerprint density at radius 3 is 2.35 bits per heavy atom. The SMILES string of the molecule is Cc1ccc(N2CC(N(C)C)C2)cc1C(=O)NC1(c2cccc3c(C(F)(F)F)cccc23)CC1. The van der Waals surface area contributed by atoms with E-state index in [9.17, 15) is 18.0 Å². The summed E-state index contributed by atoms with van der Waals surface area (Å²) in [5, 5.41) is 3.88. The van der Waals surface area contributed by atoms with E-state index in [4.69, 9.17) is 0 Å². The highest BCUT2D eigenvalue weighted by molar-refractivity contribution is 5.98. The minimum atomic E-state index is -4.43. The number of likely N-dealkylation sites (N-methyl/N-ethyl adjacent to an activating group) is 1. The summed E-state index contributed by atoms with van der Waals surface area (Å²) in [6.45, 7) is 3.74. The average Bonchev–Trinajstić information content (AvgIpc) is 3.52. The van der Waals surface area contributed by atoms with E-state index in [0.29, 0.717) is 29.8 Å². The van der Waals surface area contributed by atoms with Crippen LogP contribution >= 0.6 is 0 Å². The Hall–Kier alpha value is -3.06. The third kappa shape index (κ3) is 3.92. The standard InChI is InChI=1S/C27H28F3N3O/c1-17-10-11-18(33-15-19(16-33)32(2)3)14-22(17)25(34)31-26(12-13-26)23-8-4-7-21-20(23)6-5-9-24(21)27(28,29)30/h4-11,14,19H,12-13,15-16H2,1-3H3,(H,31,34). The zero-order valence-electron chi connectivity index (χ0n) is 19.5. The van der Waals surface area contributed by atoms with Gasteiger partial charge in [-0.25, -0.2) is 0 Å². The van der Waals surface area contributed by atoms with Gasteiger partial charge in [-0.2, -0.15) is 13.2 Å². The van der Waals surface area contributed by atoms with Crippen molar-refractivity contribution in [1.29, 1.82) is 0 Å². The van der Waals surface area contributed by atoms with Crippen LogP contribution in [0.4, 0.5) is 18.9 Å². The van der Waals surface area contributed by atoms with Crippen LogP contribution < -0.4 is 10.2 Å². The number of benzene rings is 3. The number of halogens is 3. The molecule has 0 radical (unpaired) electrons. The quantitative estimate of drug-likeness (QED) is 0.551. The maximum absolute atomic E-state index is 13.6. The number of hydrogen-bond acceptors (Lipinski definition) is 3. The molecule has 2 aliphatic rings. The maximum Gasteiger partial charge on any atom is 0.417 e. The first-order valence-electron chi connectivity index (χ1n) is 11.5. The number of hydrogen-bond donors (Lipinski definition) is 1. The predicted molar refractivity (Wildman–Crippen MR) is 128 cm³/mol. The van der Waals surface area contributed by atoms with Crippen LogP contribution in [0.2, 0.25) is 0 Å². The molecule has 0 aromatic heterocycles. The molecule has 4 nitrogen and oxygen atoms in total. The summed E-state index contributed by atoms with van der Waals surface area (Å²) in [6.07, 6.45) is -3.04. The van der Waals surface area contributed by atoms with Crippen molar-refractivity contribution >= 4 is 22.4 Å². The van der Waals surface area contributed by atoms with Crippen LogP contribution in [0.5, 0.6) is 0 Å². The van der Waals surface area contributed by atoms with Gasteiger partial charge in [0.25, 0.3) is 5.91 Å². The summed E-state index contributed by atoms with van der Waals surface area (Å²) < 4.78 is 40.7. The van der Waals surface area contributed by atoms with Gasteiger partial charge >= 0.3 is 6.18 Å². The minimum Gasteiger partial charge on any atom is -0.368 e. The van der Waals surface area contributed by atoms with E-state index in [1.165, 1.54) is 12.1 Å². The third-order valence-electron chi connectivity index (χ3n) is 7.27. The van der Waals surface area contributed by atoms with Crippen LogP contribution in [0, 0.1) is 6.92 Å². The predicted octanol–water partition coefficient (Wildman–Crippen LogP) is 5.34. The number of alkyl halides is 3. The van der Waals surface area contributed by atoms with Crippen molar-refractivity contribution in [2.45, 2.75) is 37.5 Å². The van der Waals surface area contributed by atoms with Crippen molar-refractivity contribution in [3.05, 3.63) is 76.9 Å². The molecule has 7 heteroatoms. The van der Waals surface area contributed by atoms with Crippen LogP contribution in [-0.2, 0) is 11.7 Å². The number of nitrogens with zero attached hydrogens (tertiary/aromatic N) is 2. The van der Waals surface area contributed by atoms with Gasteiger partial charge in [-0.05, 0) is 74.0 Å². The Kier molecular flexibility index (Phi) is 5.35. The van der Waals surface area contributed by atoms with E-state index < -0.39 is 17.3 Å². The lowest BCUT2D eigenvalue weighted by Crippen LogP contribution is -2.57. The molecule has 0 spiro atoms. The van der Waals surface area contributed by atoms with Gasteiger partial charge in [0.2, 0.25) is 0 Å². The molecule has 1 saturated carbocycles. The molecule has 1 amide bonds. The average molecular weight is 468 g/mol. The first kappa shape index (κ1) is 22.7. The summed E-state index contributed by atoms with van der Waals surface area (Å²) in [6, 6.07) is 15.7. The Labute approximate surface area is 197 Å². The molecular formula is C27H28F3N3O. The highest BCUT2D eigenvalue weighted by atomic mass is 19.4. The zero-order valence-corrected chi connectivity index (χ0v) is 19.5. The van der Waals surface area contributed by atoms with E-state index in [0.717, 1.165) is 36.0 Å². The number of rotatable bonds is 5. The van der Waals surface area contributed by atoms with Gasteiger partial charge in [-0.1, -0.05) is 36.4 Å². The molecule has 0 bridgehead atoms. The van der Waals surface area contributed by atoms with E-state index >= 15 is 0 Å². The fourth-order valence-corrected chi connectivity index (χ4v) is 4.89.